The molecule has 1 fully saturated rings. The van der Waals surface area contributed by atoms with Crippen LogP contribution in [0.5, 0.6) is 0 Å². The predicted octanol–water partition coefficient (Wildman–Crippen LogP) is 3.16. The van der Waals surface area contributed by atoms with Crippen LogP contribution < -0.4 is 5.32 Å². The Labute approximate surface area is 203 Å². The van der Waals surface area contributed by atoms with E-state index in [1.54, 1.807) is 0 Å². The van der Waals surface area contributed by atoms with E-state index in [1.807, 2.05) is 0 Å². The number of sulfonamides is 1. The van der Waals surface area contributed by atoms with Crippen LogP contribution in [0.4, 0.5) is 4.39 Å². The summed E-state index contributed by atoms with van der Waals surface area (Å²) >= 11 is 12.0. The van der Waals surface area contributed by atoms with Crippen LogP contribution in [0, 0.1) is 5.82 Å². The topological polar surface area (TPSA) is 79.0 Å². The summed E-state index contributed by atoms with van der Waals surface area (Å²) in [5.74, 6) is -1.13. The highest BCUT2D eigenvalue weighted by Gasteiger charge is 2.28. The van der Waals surface area contributed by atoms with Crippen molar-refractivity contribution >= 4 is 39.1 Å². The van der Waals surface area contributed by atoms with Gasteiger partial charge in [-0.25, -0.2) is 12.8 Å². The van der Waals surface area contributed by atoms with Gasteiger partial charge in [0, 0.05) is 41.8 Å². The highest BCUT2D eigenvalue weighted by atomic mass is 35.5. The zero-order chi connectivity index (χ0) is 23.8. The van der Waals surface area contributed by atoms with Gasteiger partial charge in [0.2, 0.25) is 15.9 Å². The van der Waals surface area contributed by atoms with Crippen molar-refractivity contribution in [1.29, 1.82) is 0 Å². The minimum absolute atomic E-state index is 0.00294. The highest BCUT2D eigenvalue weighted by molar-refractivity contribution is 7.89. The Kier molecular flexibility index (Phi) is 9.48. The second kappa shape index (κ2) is 12.1. The molecule has 2 aromatic carbocycles. The summed E-state index contributed by atoms with van der Waals surface area (Å²) < 4.78 is 47.1. The molecule has 0 aromatic heterocycles. The molecule has 1 amide bonds. The summed E-state index contributed by atoms with van der Waals surface area (Å²) in [6, 6.07) is 9.66. The van der Waals surface area contributed by atoms with E-state index >= 15 is 0 Å². The average molecular weight is 518 g/mol. The summed E-state index contributed by atoms with van der Waals surface area (Å²) in [6.07, 6.45) is 0.717. The van der Waals surface area contributed by atoms with E-state index < -0.39 is 34.8 Å². The standard InChI is InChI=1S/C22H26Cl2FN3O4S/c23-17-5-7-18(8-6-17)33(30,31)28(15-19-20(24)3-1-4-21(19)25)16-22(29)26-9-2-10-27-11-13-32-14-12-27/h1,3-8H,2,9-16H2,(H,26,29). The molecule has 0 spiro atoms. The Hall–Kier alpha value is -1.75. The van der Waals surface area contributed by atoms with Crippen LogP contribution in [0.3, 0.4) is 0 Å². The van der Waals surface area contributed by atoms with Gasteiger partial charge >= 0.3 is 0 Å². The van der Waals surface area contributed by atoms with Gasteiger partial charge in [-0.05, 0) is 49.4 Å². The fraction of sp³-hybridized carbons (Fsp3) is 0.409. The van der Waals surface area contributed by atoms with Crippen molar-refractivity contribution in [2.45, 2.75) is 17.9 Å². The molecular formula is C22H26Cl2FN3O4S. The zero-order valence-electron chi connectivity index (χ0n) is 18.0. The molecule has 1 heterocycles. The van der Waals surface area contributed by atoms with Crippen molar-refractivity contribution in [2.75, 3.05) is 45.9 Å². The first-order valence-electron chi connectivity index (χ1n) is 10.5. The highest BCUT2D eigenvalue weighted by Crippen LogP contribution is 2.25. The second-order valence-corrected chi connectivity index (χ2v) is 10.4. The average Bonchev–Trinajstić information content (AvgIpc) is 2.79. The molecule has 1 N–H and O–H groups in total. The Balaban J connectivity index is 1.69. The molecule has 33 heavy (non-hydrogen) atoms. The maximum atomic E-state index is 14.4. The van der Waals surface area contributed by atoms with Crippen LogP contribution in [-0.2, 0) is 26.1 Å². The van der Waals surface area contributed by atoms with Crippen LogP contribution in [0.1, 0.15) is 12.0 Å². The van der Waals surface area contributed by atoms with E-state index in [4.69, 9.17) is 27.9 Å². The van der Waals surface area contributed by atoms with E-state index in [1.165, 1.54) is 42.5 Å². The quantitative estimate of drug-likeness (QED) is 0.489. The number of nitrogens with one attached hydrogen (secondary N) is 1. The minimum Gasteiger partial charge on any atom is -0.379 e. The van der Waals surface area contributed by atoms with Crippen molar-refractivity contribution in [3.63, 3.8) is 0 Å². The number of carbonyl (C=O) groups is 1. The fourth-order valence-corrected chi connectivity index (χ4v) is 5.13. The van der Waals surface area contributed by atoms with Gasteiger partial charge in [0.05, 0.1) is 24.7 Å². The Bertz CT molecular complexity index is 1030. The number of benzene rings is 2. The molecule has 11 heteroatoms. The third-order valence-electron chi connectivity index (χ3n) is 5.24. The lowest BCUT2D eigenvalue weighted by atomic mass is 10.2. The monoisotopic (exact) mass is 517 g/mol. The van der Waals surface area contributed by atoms with Gasteiger partial charge in [-0.3, -0.25) is 9.69 Å². The van der Waals surface area contributed by atoms with Gasteiger partial charge in [0.25, 0.3) is 0 Å². The predicted molar refractivity (Wildman–Crippen MR) is 125 cm³/mol. The number of carbonyl (C=O) groups excluding carboxylic acids is 1. The number of halogens is 3. The molecular weight excluding hydrogens is 492 g/mol. The largest absolute Gasteiger partial charge is 0.379 e. The first-order chi connectivity index (χ1) is 15.8. The summed E-state index contributed by atoms with van der Waals surface area (Å²) in [6.45, 7) is 3.43. The number of hydrogen-bond donors (Lipinski definition) is 1. The van der Waals surface area contributed by atoms with Crippen molar-refractivity contribution in [1.82, 2.24) is 14.5 Å². The Morgan fingerprint density at radius 1 is 1.12 bits per heavy atom. The first kappa shape index (κ1) is 25.9. The Morgan fingerprint density at radius 2 is 1.82 bits per heavy atom. The molecule has 3 rings (SSSR count). The van der Waals surface area contributed by atoms with Gasteiger partial charge in [0.1, 0.15) is 5.82 Å². The Morgan fingerprint density at radius 3 is 2.48 bits per heavy atom. The number of hydrogen-bond acceptors (Lipinski definition) is 5. The number of ether oxygens (including phenoxy) is 1. The minimum atomic E-state index is -4.13. The summed E-state index contributed by atoms with van der Waals surface area (Å²) in [4.78, 5) is 14.8. The first-order valence-corrected chi connectivity index (χ1v) is 12.7. The molecule has 1 aliphatic heterocycles. The van der Waals surface area contributed by atoms with E-state index in [-0.39, 0.29) is 15.5 Å². The van der Waals surface area contributed by atoms with Crippen molar-refractivity contribution < 1.29 is 22.3 Å². The normalized spacial score (nSPS) is 15.0. The number of nitrogens with zero attached hydrogens (tertiary/aromatic N) is 2. The second-order valence-electron chi connectivity index (χ2n) is 7.58. The van der Waals surface area contributed by atoms with Gasteiger partial charge in [-0.15, -0.1) is 0 Å². The molecule has 2 aromatic rings. The SMILES string of the molecule is O=C(CN(Cc1c(F)cccc1Cl)S(=O)(=O)c1ccc(Cl)cc1)NCCCN1CCOCC1. The molecule has 1 saturated heterocycles. The molecule has 7 nitrogen and oxygen atoms in total. The number of morpholine rings is 1. The van der Waals surface area contributed by atoms with E-state index in [0.29, 0.717) is 24.8 Å². The van der Waals surface area contributed by atoms with Crippen molar-refractivity contribution in [2.24, 2.45) is 0 Å². The van der Waals surface area contributed by atoms with Crippen LogP contribution in [-0.4, -0.2) is 69.5 Å². The van der Waals surface area contributed by atoms with Crippen LogP contribution >= 0.6 is 23.2 Å². The van der Waals surface area contributed by atoms with Gasteiger partial charge < -0.3 is 10.1 Å². The third kappa shape index (κ3) is 7.37. The lowest BCUT2D eigenvalue weighted by Crippen LogP contribution is -2.42. The lowest BCUT2D eigenvalue weighted by Gasteiger charge is -2.26. The van der Waals surface area contributed by atoms with Crippen molar-refractivity contribution in [3.8, 4) is 0 Å². The molecule has 0 atom stereocenters. The molecule has 0 bridgehead atoms. The summed E-state index contributed by atoms with van der Waals surface area (Å²) in [5.41, 5.74) is -0.00294. The van der Waals surface area contributed by atoms with E-state index in [2.05, 4.69) is 10.2 Å². The molecule has 0 saturated carbocycles. The van der Waals surface area contributed by atoms with E-state index in [9.17, 15) is 17.6 Å². The van der Waals surface area contributed by atoms with Crippen LogP contribution in [0.2, 0.25) is 10.0 Å². The number of rotatable bonds is 10. The smallest absolute Gasteiger partial charge is 0.243 e. The van der Waals surface area contributed by atoms with Gasteiger partial charge in [-0.1, -0.05) is 29.3 Å². The van der Waals surface area contributed by atoms with Crippen LogP contribution in [0.15, 0.2) is 47.4 Å². The maximum absolute atomic E-state index is 14.4. The maximum Gasteiger partial charge on any atom is 0.243 e. The number of amides is 1. The zero-order valence-corrected chi connectivity index (χ0v) is 20.3. The van der Waals surface area contributed by atoms with Gasteiger partial charge in [-0.2, -0.15) is 4.31 Å². The third-order valence-corrected chi connectivity index (χ3v) is 7.66. The van der Waals surface area contributed by atoms with Crippen LogP contribution in [0.25, 0.3) is 0 Å². The van der Waals surface area contributed by atoms with Crippen molar-refractivity contribution in [3.05, 3.63) is 63.9 Å². The summed E-state index contributed by atoms with van der Waals surface area (Å²) in [5, 5.41) is 3.20. The fourth-order valence-electron chi connectivity index (χ4n) is 3.41. The molecule has 0 aliphatic carbocycles. The molecule has 180 valence electrons. The lowest BCUT2D eigenvalue weighted by molar-refractivity contribution is -0.121. The summed E-state index contributed by atoms with van der Waals surface area (Å²) in [7, 11) is -4.13. The molecule has 1 aliphatic rings. The molecule has 0 radical (unpaired) electrons. The van der Waals surface area contributed by atoms with E-state index in [0.717, 1.165) is 30.4 Å². The van der Waals surface area contributed by atoms with Gasteiger partial charge in [0.15, 0.2) is 0 Å². The molecule has 0 unspecified atom stereocenters.